The first kappa shape index (κ1) is 19.3. The Hall–Kier alpha value is -3.46. The van der Waals surface area contributed by atoms with Crippen LogP contribution in [0.25, 0.3) is 11.4 Å². The molecule has 10 heteroatoms. The summed E-state index contributed by atoms with van der Waals surface area (Å²) in [5.41, 5.74) is 3.66. The number of hydrogen-bond donors (Lipinski definition) is 2. The second-order valence-corrected chi connectivity index (χ2v) is 5.98. The highest BCUT2D eigenvalue weighted by atomic mass is 35.5. The summed E-state index contributed by atoms with van der Waals surface area (Å²) in [6, 6.07) is 11.8. The van der Waals surface area contributed by atoms with Gasteiger partial charge in [-0.3, -0.25) is 4.79 Å². The van der Waals surface area contributed by atoms with Crippen molar-refractivity contribution in [3.8, 4) is 22.9 Å². The SMILES string of the molecule is CCOc1cc(/C=N\NC(=O)Cn2nnc(-c3ccccc3Cl)n2)ccc1O. The minimum Gasteiger partial charge on any atom is -0.504 e. The van der Waals surface area contributed by atoms with Crippen LogP contribution in [0.5, 0.6) is 11.5 Å². The third-order valence-corrected chi connectivity index (χ3v) is 3.87. The lowest BCUT2D eigenvalue weighted by Crippen LogP contribution is -2.24. The second kappa shape index (κ2) is 8.96. The maximum atomic E-state index is 12.0. The number of amides is 1. The highest BCUT2D eigenvalue weighted by molar-refractivity contribution is 6.33. The fourth-order valence-electron chi connectivity index (χ4n) is 2.29. The first-order chi connectivity index (χ1) is 13.6. The van der Waals surface area contributed by atoms with E-state index in [1.165, 1.54) is 12.3 Å². The number of nitrogens with zero attached hydrogens (tertiary/aromatic N) is 5. The average molecular weight is 401 g/mol. The van der Waals surface area contributed by atoms with Crippen LogP contribution in [0.1, 0.15) is 12.5 Å². The lowest BCUT2D eigenvalue weighted by Gasteiger charge is -2.06. The maximum absolute atomic E-state index is 12.0. The number of hydrazone groups is 1. The van der Waals surface area contributed by atoms with Gasteiger partial charge in [-0.05, 0) is 48.0 Å². The predicted octanol–water partition coefficient (Wildman–Crippen LogP) is 2.25. The van der Waals surface area contributed by atoms with Gasteiger partial charge in [0.2, 0.25) is 5.82 Å². The maximum Gasteiger partial charge on any atom is 0.263 e. The number of aromatic hydroxyl groups is 1. The van der Waals surface area contributed by atoms with Gasteiger partial charge in [-0.25, -0.2) is 5.43 Å². The minimum absolute atomic E-state index is 0.0367. The van der Waals surface area contributed by atoms with E-state index in [2.05, 4.69) is 25.9 Å². The van der Waals surface area contributed by atoms with Gasteiger partial charge >= 0.3 is 0 Å². The molecule has 28 heavy (non-hydrogen) atoms. The largest absolute Gasteiger partial charge is 0.504 e. The Kier molecular flexibility index (Phi) is 6.18. The van der Waals surface area contributed by atoms with Gasteiger partial charge < -0.3 is 9.84 Å². The van der Waals surface area contributed by atoms with E-state index in [0.29, 0.717) is 34.3 Å². The van der Waals surface area contributed by atoms with Crippen LogP contribution in [0.3, 0.4) is 0 Å². The van der Waals surface area contributed by atoms with Crippen LogP contribution in [-0.2, 0) is 11.3 Å². The number of phenolic OH excluding ortho intramolecular Hbond substituents is 1. The van der Waals surface area contributed by atoms with E-state index in [1.54, 1.807) is 30.3 Å². The lowest BCUT2D eigenvalue weighted by molar-refractivity contribution is -0.122. The van der Waals surface area contributed by atoms with Crippen LogP contribution in [-0.4, -0.2) is 44.0 Å². The van der Waals surface area contributed by atoms with Gasteiger partial charge in [-0.15, -0.1) is 10.2 Å². The molecule has 0 unspecified atom stereocenters. The third-order valence-electron chi connectivity index (χ3n) is 3.54. The third kappa shape index (κ3) is 4.83. The van der Waals surface area contributed by atoms with Gasteiger partial charge in [0.1, 0.15) is 6.54 Å². The Balaban J connectivity index is 1.59. The Morgan fingerprint density at radius 3 is 2.96 bits per heavy atom. The van der Waals surface area contributed by atoms with Gasteiger partial charge in [0, 0.05) is 5.56 Å². The van der Waals surface area contributed by atoms with E-state index in [1.807, 2.05) is 13.0 Å². The molecule has 0 aliphatic heterocycles. The predicted molar refractivity (Wildman–Crippen MR) is 103 cm³/mol. The zero-order valence-electron chi connectivity index (χ0n) is 14.9. The topological polar surface area (TPSA) is 115 Å². The number of nitrogens with one attached hydrogen (secondary N) is 1. The molecule has 2 N–H and O–H groups in total. The lowest BCUT2D eigenvalue weighted by atomic mass is 10.2. The summed E-state index contributed by atoms with van der Waals surface area (Å²) in [5, 5.41) is 25.9. The van der Waals surface area contributed by atoms with Gasteiger partial charge in [0.05, 0.1) is 17.8 Å². The van der Waals surface area contributed by atoms with Gasteiger partial charge in [-0.2, -0.15) is 9.90 Å². The molecule has 3 rings (SSSR count). The zero-order valence-corrected chi connectivity index (χ0v) is 15.7. The standard InChI is InChI=1S/C18H17ClN6O3/c1-2-28-16-9-12(7-8-15(16)26)10-20-21-17(27)11-25-23-18(22-24-25)13-5-3-4-6-14(13)19/h3-10,26H,2,11H2,1H3,(H,21,27)/b20-10-. The van der Waals surface area contributed by atoms with Crippen molar-refractivity contribution in [2.75, 3.05) is 6.61 Å². The van der Waals surface area contributed by atoms with Crippen molar-refractivity contribution >= 4 is 23.7 Å². The highest BCUT2D eigenvalue weighted by Crippen LogP contribution is 2.26. The van der Waals surface area contributed by atoms with Crippen molar-refractivity contribution in [3.05, 3.63) is 53.1 Å². The van der Waals surface area contributed by atoms with E-state index in [0.717, 1.165) is 4.80 Å². The number of hydrogen-bond acceptors (Lipinski definition) is 7. The smallest absolute Gasteiger partial charge is 0.263 e. The van der Waals surface area contributed by atoms with Crippen LogP contribution in [0.15, 0.2) is 47.6 Å². The van der Waals surface area contributed by atoms with Crippen LogP contribution < -0.4 is 10.2 Å². The molecule has 0 spiro atoms. The van der Waals surface area contributed by atoms with Crippen LogP contribution in [0, 0.1) is 0 Å². The molecule has 3 aromatic rings. The molecule has 0 radical (unpaired) electrons. The summed E-state index contributed by atoms with van der Waals surface area (Å²) < 4.78 is 5.30. The Morgan fingerprint density at radius 1 is 1.36 bits per heavy atom. The molecule has 0 atom stereocenters. The van der Waals surface area contributed by atoms with Crippen LogP contribution in [0.2, 0.25) is 5.02 Å². The van der Waals surface area contributed by atoms with E-state index < -0.39 is 5.91 Å². The van der Waals surface area contributed by atoms with E-state index in [4.69, 9.17) is 16.3 Å². The van der Waals surface area contributed by atoms with Crippen LogP contribution in [0.4, 0.5) is 0 Å². The number of benzene rings is 2. The number of tetrazole rings is 1. The minimum atomic E-state index is -0.428. The summed E-state index contributed by atoms with van der Waals surface area (Å²) in [6.45, 7) is 2.08. The molecular weight excluding hydrogens is 384 g/mol. The molecule has 0 bridgehead atoms. The number of ether oxygens (including phenoxy) is 1. The van der Waals surface area contributed by atoms with Crippen molar-refractivity contribution in [2.24, 2.45) is 5.10 Å². The van der Waals surface area contributed by atoms with Crippen molar-refractivity contribution in [1.29, 1.82) is 0 Å². The highest BCUT2D eigenvalue weighted by Gasteiger charge is 2.11. The number of phenols is 1. The fourth-order valence-corrected chi connectivity index (χ4v) is 2.51. The number of aromatic nitrogens is 4. The summed E-state index contributed by atoms with van der Waals surface area (Å²) in [5.74, 6) is 0.281. The molecule has 0 saturated heterocycles. The molecular formula is C18H17ClN6O3. The first-order valence-electron chi connectivity index (χ1n) is 8.37. The summed E-state index contributed by atoms with van der Waals surface area (Å²) in [7, 11) is 0. The van der Waals surface area contributed by atoms with E-state index >= 15 is 0 Å². The number of rotatable bonds is 7. The molecule has 0 saturated carbocycles. The molecule has 0 aliphatic carbocycles. The zero-order chi connectivity index (χ0) is 19.9. The molecule has 1 amide bonds. The van der Waals surface area contributed by atoms with E-state index in [-0.39, 0.29) is 12.3 Å². The Bertz CT molecular complexity index is 1000. The summed E-state index contributed by atoms with van der Waals surface area (Å²) in [4.78, 5) is 13.1. The molecule has 1 heterocycles. The van der Waals surface area contributed by atoms with Gasteiger partial charge in [-0.1, -0.05) is 23.7 Å². The van der Waals surface area contributed by atoms with Crippen molar-refractivity contribution in [3.63, 3.8) is 0 Å². The normalized spacial score (nSPS) is 10.9. The Labute approximate surface area is 165 Å². The van der Waals surface area contributed by atoms with Gasteiger partial charge in [0.15, 0.2) is 11.5 Å². The number of carbonyl (C=O) groups is 1. The number of carbonyl (C=O) groups excluding carboxylic acids is 1. The molecule has 1 aromatic heterocycles. The van der Waals surface area contributed by atoms with E-state index in [9.17, 15) is 9.90 Å². The number of halogens is 1. The van der Waals surface area contributed by atoms with Crippen molar-refractivity contribution < 1.29 is 14.6 Å². The molecule has 0 fully saturated rings. The quantitative estimate of drug-likeness (QED) is 0.464. The summed E-state index contributed by atoms with van der Waals surface area (Å²) in [6.07, 6.45) is 1.43. The fraction of sp³-hybridized carbons (Fsp3) is 0.167. The van der Waals surface area contributed by atoms with Crippen molar-refractivity contribution in [1.82, 2.24) is 25.6 Å². The molecule has 9 nitrogen and oxygen atoms in total. The summed E-state index contributed by atoms with van der Waals surface area (Å²) >= 11 is 6.10. The molecule has 144 valence electrons. The van der Waals surface area contributed by atoms with Crippen LogP contribution >= 0.6 is 11.6 Å². The monoisotopic (exact) mass is 400 g/mol. The first-order valence-corrected chi connectivity index (χ1v) is 8.75. The molecule has 2 aromatic carbocycles. The molecule has 0 aliphatic rings. The average Bonchev–Trinajstić information content (AvgIpc) is 3.13. The van der Waals surface area contributed by atoms with Gasteiger partial charge in [0.25, 0.3) is 5.91 Å². The second-order valence-electron chi connectivity index (χ2n) is 5.58. The van der Waals surface area contributed by atoms with Crippen molar-refractivity contribution in [2.45, 2.75) is 13.5 Å². The Morgan fingerprint density at radius 2 is 2.18 bits per heavy atom.